The lowest BCUT2D eigenvalue weighted by Gasteiger charge is -2.30. The molecule has 2 aromatic carbocycles. The van der Waals surface area contributed by atoms with Gasteiger partial charge in [-0.05, 0) is 49.8 Å². The number of carbonyl (C=O) groups is 2. The van der Waals surface area contributed by atoms with Gasteiger partial charge in [0.25, 0.3) is 0 Å². The Morgan fingerprint density at radius 3 is 2.67 bits per heavy atom. The zero-order valence-electron chi connectivity index (χ0n) is 17.5. The fourth-order valence-corrected chi connectivity index (χ4v) is 4.83. The predicted molar refractivity (Wildman–Crippen MR) is 115 cm³/mol. The van der Waals surface area contributed by atoms with E-state index in [1.807, 2.05) is 17.0 Å². The summed E-state index contributed by atoms with van der Waals surface area (Å²) in [5, 5.41) is 3.16. The summed E-state index contributed by atoms with van der Waals surface area (Å²) in [4.78, 5) is 26.8. The Morgan fingerprint density at radius 2 is 1.97 bits per heavy atom. The highest BCUT2D eigenvalue weighted by Crippen LogP contribution is 2.32. The molecule has 4 rings (SSSR count). The summed E-state index contributed by atoms with van der Waals surface area (Å²) in [6.07, 6.45) is 3.83. The van der Waals surface area contributed by atoms with Crippen molar-refractivity contribution < 1.29 is 14.0 Å². The smallest absolute Gasteiger partial charge is 0.222 e. The molecule has 0 aromatic heterocycles. The van der Waals surface area contributed by atoms with Crippen LogP contribution in [0.1, 0.15) is 54.7 Å². The summed E-state index contributed by atoms with van der Waals surface area (Å²) in [6.45, 7) is 3.28. The molecule has 2 aliphatic rings. The number of nitrogens with one attached hydrogen (secondary N) is 1. The molecule has 2 atom stereocenters. The summed E-state index contributed by atoms with van der Waals surface area (Å²) in [7, 11) is 0. The predicted octanol–water partition coefficient (Wildman–Crippen LogP) is 4.12. The highest BCUT2D eigenvalue weighted by Gasteiger charge is 2.38. The second kappa shape index (κ2) is 8.58. The van der Waals surface area contributed by atoms with Gasteiger partial charge in [0.2, 0.25) is 11.8 Å². The Hall–Kier alpha value is -2.69. The molecular formula is C25H29FN2O2. The molecule has 0 radical (unpaired) electrons. The van der Waals surface area contributed by atoms with Crippen molar-refractivity contribution in [3.8, 4) is 0 Å². The second-order valence-corrected chi connectivity index (χ2v) is 8.84. The second-order valence-electron chi connectivity index (χ2n) is 8.84. The van der Waals surface area contributed by atoms with E-state index in [0.717, 1.165) is 19.3 Å². The number of hydrogen-bond acceptors (Lipinski definition) is 2. The number of aryl methyl sites for hydroxylation is 1. The number of carbonyl (C=O) groups excluding carboxylic acids is 2. The zero-order valence-corrected chi connectivity index (χ0v) is 17.5. The molecule has 2 aromatic rings. The van der Waals surface area contributed by atoms with Crippen molar-refractivity contribution in [1.29, 1.82) is 0 Å². The molecule has 0 saturated carbocycles. The molecule has 1 N–H and O–H groups in total. The minimum absolute atomic E-state index is 0.0582. The highest BCUT2D eigenvalue weighted by molar-refractivity contribution is 5.80. The summed E-state index contributed by atoms with van der Waals surface area (Å²) in [5.41, 5.74) is 2.73. The molecule has 0 spiro atoms. The first-order valence-electron chi connectivity index (χ1n) is 10.8. The molecule has 2 saturated heterocycles. The molecular weight excluding hydrogens is 379 g/mol. The first kappa shape index (κ1) is 20.6. The Morgan fingerprint density at radius 1 is 1.20 bits per heavy atom. The molecule has 2 aliphatic heterocycles. The Kier molecular flexibility index (Phi) is 5.89. The number of halogens is 1. The molecule has 158 valence electrons. The SMILES string of the molecule is Cc1ccc(C[C@]2(CCC(=O)N3CC[C@@H](c4ccccc4F)C3)CCC(=O)N2)cc1. The molecule has 0 bridgehead atoms. The number of benzene rings is 2. The van der Waals surface area contributed by atoms with Crippen LogP contribution in [-0.4, -0.2) is 35.3 Å². The van der Waals surface area contributed by atoms with E-state index in [2.05, 4.69) is 36.5 Å². The van der Waals surface area contributed by atoms with Gasteiger partial charge in [-0.1, -0.05) is 48.0 Å². The Labute approximate surface area is 177 Å². The van der Waals surface area contributed by atoms with Gasteiger partial charge < -0.3 is 10.2 Å². The fourth-order valence-electron chi connectivity index (χ4n) is 4.83. The lowest BCUT2D eigenvalue weighted by molar-refractivity contribution is -0.131. The third-order valence-electron chi connectivity index (χ3n) is 6.60. The van der Waals surface area contributed by atoms with E-state index < -0.39 is 0 Å². The van der Waals surface area contributed by atoms with Gasteiger partial charge in [0.15, 0.2) is 0 Å². The normalized spacial score (nSPS) is 23.6. The number of hydrogen-bond donors (Lipinski definition) is 1. The van der Waals surface area contributed by atoms with Gasteiger partial charge in [-0.3, -0.25) is 9.59 Å². The van der Waals surface area contributed by atoms with E-state index in [1.165, 1.54) is 17.2 Å². The van der Waals surface area contributed by atoms with E-state index >= 15 is 0 Å². The quantitative estimate of drug-likeness (QED) is 0.782. The van der Waals surface area contributed by atoms with E-state index in [1.54, 1.807) is 6.07 Å². The van der Waals surface area contributed by atoms with Crippen LogP contribution in [-0.2, 0) is 16.0 Å². The van der Waals surface area contributed by atoms with Crippen molar-refractivity contribution in [3.63, 3.8) is 0 Å². The van der Waals surface area contributed by atoms with Gasteiger partial charge in [0.1, 0.15) is 5.82 Å². The standard InChI is InChI=1S/C25H29FN2O2/c1-18-6-8-19(9-7-18)16-25(13-10-23(29)27-25)14-11-24(30)28-15-12-20(17-28)21-4-2-3-5-22(21)26/h2-9,20H,10-17H2,1H3,(H,27,29)/t20-,25-/m1/s1. The van der Waals surface area contributed by atoms with Gasteiger partial charge >= 0.3 is 0 Å². The largest absolute Gasteiger partial charge is 0.350 e. The molecule has 2 heterocycles. The van der Waals surface area contributed by atoms with Crippen LogP contribution < -0.4 is 5.32 Å². The highest BCUT2D eigenvalue weighted by atomic mass is 19.1. The van der Waals surface area contributed by atoms with Gasteiger partial charge in [-0.15, -0.1) is 0 Å². The van der Waals surface area contributed by atoms with Crippen LogP contribution in [0.2, 0.25) is 0 Å². The van der Waals surface area contributed by atoms with Gasteiger partial charge in [-0.25, -0.2) is 4.39 Å². The Bertz CT molecular complexity index is 927. The topological polar surface area (TPSA) is 49.4 Å². The summed E-state index contributed by atoms with van der Waals surface area (Å²) in [5.74, 6) is 0.0268. The minimum atomic E-state index is -0.354. The van der Waals surface area contributed by atoms with E-state index in [-0.39, 0.29) is 29.1 Å². The Balaban J connectivity index is 1.38. The number of likely N-dealkylation sites (tertiary alicyclic amines) is 1. The molecule has 4 nitrogen and oxygen atoms in total. The van der Waals surface area contributed by atoms with Gasteiger partial charge in [0.05, 0.1) is 0 Å². The average Bonchev–Trinajstić information content (AvgIpc) is 3.36. The first-order chi connectivity index (χ1) is 14.4. The lowest BCUT2D eigenvalue weighted by Crippen LogP contribution is -2.44. The summed E-state index contributed by atoms with van der Waals surface area (Å²) < 4.78 is 14.1. The van der Waals surface area contributed by atoms with Crippen molar-refractivity contribution in [1.82, 2.24) is 10.2 Å². The van der Waals surface area contributed by atoms with Gasteiger partial charge in [-0.2, -0.15) is 0 Å². The monoisotopic (exact) mass is 408 g/mol. The molecule has 5 heteroatoms. The number of nitrogens with zero attached hydrogens (tertiary/aromatic N) is 1. The molecule has 2 amide bonds. The average molecular weight is 409 g/mol. The minimum Gasteiger partial charge on any atom is -0.350 e. The van der Waals surface area contributed by atoms with Crippen molar-refractivity contribution in [2.45, 2.75) is 56.9 Å². The number of rotatable bonds is 6. The van der Waals surface area contributed by atoms with Crippen LogP contribution in [0.25, 0.3) is 0 Å². The van der Waals surface area contributed by atoms with Gasteiger partial charge in [0, 0.05) is 37.4 Å². The summed E-state index contributed by atoms with van der Waals surface area (Å²) >= 11 is 0. The van der Waals surface area contributed by atoms with E-state index in [9.17, 15) is 14.0 Å². The van der Waals surface area contributed by atoms with Crippen molar-refractivity contribution in [3.05, 3.63) is 71.0 Å². The molecule has 0 aliphatic carbocycles. The van der Waals surface area contributed by atoms with Crippen molar-refractivity contribution >= 4 is 11.8 Å². The van der Waals surface area contributed by atoms with E-state index in [4.69, 9.17) is 0 Å². The molecule has 2 fully saturated rings. The zero-order chi connectivity index (χ0) is 21.1. The lowest BCUT2D eigenvalue weighted by atomic mass is 9.84. The van der Waals surface area contributed by atoms with Crippen LogP contribution in [0.4, 0.5) is 4.39 Å². The third-order valence-corrected chi connectivity index (χ3v) is 6.60. The summed E-state index contributed by atoms with van der Waals surface area (Å²) in [6, 6.07) is 15.2. The maximum absolute atomic E-state index is 14.1. The van der Waals surface area contributed by atoms with Crippen LogP contribution in [0.15, 0.2) is 48.5 Å². The van der Waals surface area contributed by atoms with Crippen molar-refractivity contribution in [2.24, 2.45) is 0 Å². The van der Waals surface area contributed by atoms with Crippen molar-refractivity contribution in [2.75, 3.05) is 13.1 Å². The maximum Gasteiger partial charge on any atom is 0.222 e. The molecule has 0 unspecified atom stereocenters. The number of amides is 2. The third kappa shape index (κ3) is 4.55. The maximum atomic E-state index is 14.1. The van der Waals surface area contributed by atoms with Crippen LogP contribution in [0.3, 0.4) is 0 Å². The van der Waals surface area contributed by atoms with Crippen LogP contribution in [0.5, 0.6) is 0 Å². The first-order valence-corrected chi connectivity index (χ1v) is 10.8. The van der Waals surface area contributed by atoms with Crippen LogP contribution in [0, 0.1) is 12.7 Å². The molecule has 30 heavy (non-hydrogen) atoms. The van der Waals surface area contributed by atoms with Crippen LogP contribution >= 0.6 is 0 Å². The fraction of sp³-hybridized carbons (Fsp3) is 0.440. The van der Waals surface area contributed by atoms with E-state index in [0.29, 0.717) is 37.9 Å².